The normalized spacial score (nSPS) is 10.4. The van der Waals surface area contributed by atoms with Crippen molar-refractivity contribution in [1.82, 2.24) is 4.90 Å². The van der Waals surface area contributed by atoms with Crippen molar-refractivity contribution >= 4 is 0 Å². The number of hydrogen-bond acceptors (Lipinski definition) is 4. The molecule has 0 saturated heterocycles. The van der Waals surface area contributed by atoms with Crippen LogP contribution < -0.4 is 4.74 Å². The number of para-hydroxylation sites is 1. The summed E-state index contributed by atoms with van der Waals surface area (Å²) in [5, 5.41) is 8.95. The Morgan fingerprint density at radius 3 is 2.84 bits per heavy atom. The second-order valence-electron chi connectivity index (χ2n) is 4.27. The number of rotatable bonds is 6. The summed E-state index contributed by atoms with van der Waals surface area (Å²) in [7, 11) is 2.00. The maximum absolute atomic E-state index is 8.95. The van der Waals surface area contributed by atoms with Gasteiger partial charge in [-0.2, -0.15) is 5.26 Å². The van der Waals surface area contributed by atoms with Gasteiger partial charge in [0.2, 0.25) is 0 Å². The van der Waals surface area contributed by atoms with Crippen LogP contribution in [0.4, 0.5) is 0 Å². The highest BCUT2D eigenvalue weighted by atomic mass is 16.5. The topological polar surface area (TPSA) is 49.4 Å². The van der Waals surface area contributed by atoms with Gasteiger partial charge in [0.1, 0.15) is 24.2 Å². The van der Waals surface area contributed by atoms with Crippen LogP contribution in [0.5, 0.6) is 5.75 Å². The van der Waals surface area contributed by atoms with Crippen molar-refractivity contribution in [2.75, 3.05) is 20.2 Å². The molecule has 0 saturated carbocycles. The highest BCUT2D eigenvalue weighted by Gasteiger charge is 2.04. The van der Waals surface area contributed by atoms with E-state index in [1.54, 1.807) is 12.3 Å². The maximum Gasteiger partial charge on any atom is 0.137 e. The molecular weight excluding hydrogens is 240 g/mol. The summed E-state index contributed by atoms with van der Waals surface area (Å²) in [6.07, 6.45) is 1.67. The van der Waals surface area contributed by atoms with Crippen LogP contribution in [-0.2, 0) is 6.54 Å². The number of furan rings is 1. The van der Waals surface area contributed by atoms with Crippen LogP contribution in [0.1, 0.15) is 11.3 Å². The molecule has 1 heterocycles. The van der Waals surface area contributed by atoms with Crippen molar-refractivity contribution < 1.29 is 9.15 Å². The second-order valence-corrected chi connectivity index (χ2v) is 4.27. The first-order valence-electron chi connectivity index (χ1n) is 6.12. The van der Waals surface area contributed by atoms with E-state index in [1.807, 2.05) is 37.4 Å². The van der Waals surface area contributed by atoms with Crippen LogP contribution in [0.3, 0.4) is 0 Å². The molecule has 2 aromatic rings. The number of likely N-dealkylation sites (N-methyl/N-ethyl adjacent to an activating group) is 1. The second kappa shape index (κ2) is 6.62. The largest absolute Gasteiger partial charge is 0.491 e. The van der Waals surface area contributed by atoms with Gasteiger partial charge in [-0.15, -0.1) is 0 Å². The lowest BCUT2D eigenvalue weighted by atomic mass is 10.2. The van der Waals surface area contributed by atoms with Crippen molar-refractivity contribution in [2.24, 2.45) is 0 Å². The Morgan fingerprint density at radius 2 is 2.11 bits per heavy atom. The fourth-order valence-electron chi connectivity index (χ4n) is 1.74. The van der Waals surface area contributed by atoms with E-state index in [0.717, 1.165) is 18.8 Å². The Bertz CT molecular complexity index is 544. The van der Waals surface area contributed by atoms with E-state index in [9.17, 15) is 0 Å². The number of benzene rings is 1. The average Bonchev–Trinajstić information content (AvgIpc) is 2.92. The van der Waals surface area contributed by atoms with Crippen LogP contribution in [0.25, 0.3) is 0 Å². The lowest BCUT2D eigenvalue weighted by Gasteiger charge is -2.15. The molecule has 0 aliphatic carbocycles. The molecule has 0 bridgehead atoms. The van der Waals surface area contributed by atoms with E-state index < -0.39 is 0 Å². The van der Waals surface area contributed by atoms with E-state index in [4.69, 9.17) is 14.4 Å². The van der Waals surface area contributed by atoms with Gasteiger partial charge in [0.25, 0.3) is 0 Å². The third-order valence-electron chi connectivity index (χ3n) is 2.74. The third-order valence-corrected chi connectivity index (χ3v) is 2.74. The molecule has 0 fully saturated rings. The third kappa shape index (κ3) is 3.87. The molecule has 1 aromatic carbocycles. The fourth-order valence-corrected chi connectivity index (χ4v) is 1.74. The number of nitrogens with zero attached hydrogens (tertiary/aromatic N) is 2. The fraction of sp³-hybridized carbons (Fsp3) is 0.267. The highest BCUT2D eigenvalue weighted by Crippen LogP contribution is 2.16. The predicted molar refractivity (Wildman–Crippen MR) is 71.7 cm³/mol. The molecule has 4 heteroatoms. The quantitative estimate of drug-likeness (QED) is 0.797. The molecule has 0 N–H and O–H groups in total. The minimum absolute atomic E-state index is 0.538. The smallest absolute Gasteiger partial charge is 0.137 e. The lowest BCUT2D eigenvalue weighted by molar-refractivity contribution is 0.222. The summed E-state index contributed by atoms with van der Waals surface area (Å²) >= 11 is 0. The van der Waals surface area contributed by atoms with Gasteiger partial charge in [0.05, 0.1) is 18.4 Å². The number of nitriles is 1. The molecule has 0 spiro atoms. The van der Waals surface area contributed by atoms with Crippen molar-refractivity contribution in [1.29, 1.82) is 5.26 Å². The summed E-state index contributed by atoms with van der Waals surface area (Å²) in [6, 6.07) is 13.2. The summed E-state index contributed by atoms with van der Waals surface area (Å²) in [5.41, 5.74) is 0.566. The Hall–Kier alpha value is -2.25. The molecule has 1 aromatic heterocycles. The van der Waals surface area contributed by atoms with Gasteiger partial charge in [-0.3, -0.25) is 4.90 Å². The molecule has 0 aliphatic rings. The Labute approximate surface area is 112 Å². The highest BCUT2D eigenvalue weighted by molar-refractivity contribution is 5.42. The lowest BCUT2D eigenvalue weighted by Crippen LogP contribution is -2.23. The van der Waals surface area contributed by atoms with Gasteiger partial charge in [-0.05, 0) is 31.3 Å². The molecule has 98 valence electrons. The SMILES string of the molecule is CN(CCOc1ccccc1C#N)Cc1ccco1. The van der Waals surface area contributed by atoms with Crippen LogP contribution in [-0.4, -0.2) is 25.1 Å². The Kier molecular flexibility index (Phi) is 4.60. The Morgan fingerprint density at radius 1 is 1.26 bits per heavy atom. The van der Waals surface area contributed by atoms with Crippen LogP contribution >= 0.6 is 0 Å². The van der Waals surface area contributed by atoms with Crippen molar-refractivity contribution in [3.05, 3.63) is 54.0 Å². The first-order chi connectivity index (χ1) is 9.29. The zero-order chi connectivity index (χ0) is 13.5. The standard InChI is InChI=1S/C15H16N2O2/c1-17(12-14-6-4-9-18-14)8-10-19-15-7-3-2-5-13(15)11-16/h2-7,9H,8,10,12H2,1H3. The molecule has 0 amide bonds. The summed E-state index contributed by atoms with van der Waals surface area (Å²) in [4.78, 5) is 2.10. The van der Waals surface area contributed by atoms with Gasteiger partial charge in [0.15, 0.2) is 0 Å². The van der Waals surface area contributed by atoms with Crippen molar-refractivity contribution in [2.45, 2.75) is 6.54 Å². The first kappa shape index (κ1) is 13.2. The van der Waals surface area contributed by atoms with E-state index in [2.05, 4.69) is 11.0 Å². The van der Waals surface area contributed by atoms with Crippen molar-refractivity contribution in [3.8, 4) is 11.8 Å². The molecule has 0 unspecified atom stereocenters. The molecule has 4 nitrogen and oxygen atoms in total. The predicted octanol–water partition coefficient (Wildman–Crippen LogP) is 2.66. The summed E-state index contributed by atoms with van der Waals surface area (Å²) in [5.74, 6) is 1.57. The van der Waals surface area contributed by atoms with E-state index >= 15 is 0 Å². The summed E-state index contributed by atoms with van der Waals surface area (Å²) < 4.78 is 10.9. The molecule has 0 aliphatic heterocycles. The summed E-state index contributed by atoms with van der Waals surface area (Å²) in [6.45, 7) is 2.05. The van der Waals surface area contributed by atoms with Gasteiger partial charge >= 0.3 is 0 Å². The van der Waals surface area contributed by atoms with E-state index in [1.165, 1.54) is 0 Å². The Balaban J connectivity index is 1.78. The monoisotopic (exact) mass is 256 g/mol. The zero-order valence-corrected chi connectivity index (χ0v) is 10.9. The van der Waals surface area contributed by atoms with E-state index in [0.29, 0.717) is 17.9 Å². The van der Waals surface area contributed by atoms with Crippen LogP contribution in [0.2, 0.25) is 0 Å². The van der Waals surface area contributed by atoms with Gasteiger partial charge in [-0.25, -0.2) is 0 Å². The first-order valence-corrected chi connectivity index (χ1v) is 6.12. The van der Waals surface area contributed by atoms with Gasteiger partial charge in [0, 0.05) is 6.54 Å². The zero-order valence-electron chi connectivity index (χ0n) is 10.9. The van der Waals surface area contributed by atoms with Crippen LogP contribution in [0, 0.1) is 11.3 Å². The van der Waals surface area contributed by atoms with E-state index in [-0.39, 0.29) is 0 Å². The van der Waals surface area contributed by atoms with Crippen LogP contribution in [0.15, 0.2) is 47.1 Å². The molecule has 19 heavy (non-hydrogen) atoms. The average molecular weight is 256 g/mol. The molecule has 0 atom stereocenters. The van der Waals surface area contributed by atoms with Gasteiger partial charge in [-0.1, -0.05) is 12.1 Å². The van der Waals surface area contributed by atoms with Crippen molar-refractivity contribution in [3.63, 3.8) is 0 Å². The van der Waals surface area contributed by atoms with Gasteiger partial charge < -0.3 is 9.15 Å². The number of ether oxygens (including phenoxy) is 1. The molecule has 2 rings (SSSR count). The maximum atomic E-state index is 8.95. The minimum Gasteiger partial charge on any atom is -0.491 e. The molecule has 0 radical (unpaired) electrons. The molecular formula is C15H16N2O2. The number of hydrogen-bond donors (Lipinski definition) is 0. The minimum atomic E-state index is 0.538.